The molecular weight excluding hydrogens is 409 g/mol. The second-order valence-corrected chi connectivity index (χ2v) is 8.13. The van der Waals surface area contributed by atoms with Gasteiger partial charge in [-0.1, -0.05) is 6.92 Å². The second-order valence-electron chi connectivity index (χ2n) is 8.13. The molecule has 9 heteroatoms. The van der Waals surface area contributed by atoms with E-state index in [1.807, 2.05) is 0 Å². The number of benzene rings is 1. The highest BCUT2D eigenvalue weighted by Crippen LogP contribution is 2.29. The first-order chi connectivity index (χ1) is 14.8. The van der Waals surface area contributed by atoms with E-state index >= 15 is 0 Å². The molecule has 0 aliphatic carbocycles. The molecule has 1 unspecified atom stereocenters. The van der Waals surface area contributed by atoms with Crippen LogP contribution in [0.2, 0.25) is 0 Å². The Morgan fingerprint density at radius 3 is 2.42 bits per heavy atom. The van der Waals surface area contributed by atoms with Gasteiger partial charge < -0.3 is 15.1 Å². The molecule has 2 fully saturated rings. The highest BCUT2D eigenvalue weighted by atomic mass is 19.4. The third-order valence-corrected chi connectivity index (χ3v) is 6.15. The minimum Gasteiger partial charge on any atom is -0.340 e. The topological polar surface area (TPSA) is 55.9 Å². The van der Waals surface area contributed by atoms with Crippen molar-refractivity contribution in [1.29, 1.82) is 0 Å². The summed E-state index contributed by atoms with van der Waals surface area (Å²) in [6.07, 6.45) is -2.20. The quantitative estimate of drug-likeness (QED) is 0.708. The molecule has 31 heavy (non-hydrogen) atoms. The first kappa shape index (κ1) is 23.5. The maximum absolute atomic E-state index is 13.2. The molecule has 0 radical (unpaired) electrons. The van der Waals surface area contributed by atoms with Crippen molar-refractivity contribution in [3.8, 4) is 0 Å². The number of halogens is 3. The van der Waals surface area contributed by atoms with Crippen molar-refractivity contribution in [3.05, 3.63) is 35.4 Å². The predicted octanol–water partition coefficient (Wildman–Crippen LogP) is 2.45. The largest absolute Gasteiger partial charge is 0.416 e. The monoisotopic (exact) mass is 440 g/mol. The van der Waals surface area contributed by atoms with E-state index in [9.17, 15) is 22.8 Å². The Balaban J connectivity index is 1.71. The molecule has 1 atom stereocenters. The molecule has 1 aromatic carbocycles. The Morgan fingerprint density at radius 1 is 1.13 bits per heavy atom. The molecule has 0 saturated carbocycles. The van der Waals surface area contributed by atoms with Crippen LogP contribution in [0.15, 0.2) is 24.3 Å². The van der Waals surface area contributed by atoms with Gasteiger partial charge in [0.15, 0.2) is 0 Å². The molecule has 2 heterocycles. The molecule has 0 spiro atoms. The van der Waals surface area contributed by atoms with E-state index in [2.05, 4.69) is 17.1 Å². The summed E-state index contributed by atoms with van der Waals surface area (Å²) in [7, 11) is 0. The van der Waals surface area contributed by atoms with Crippen LogP contribution in [0.1, 0.15) is 42.1 Å². The van der Waals surface area contributed by atoms with E-state index in [4.69, 9.17) is 0 Å². The van der Waals surface area contributed by atoms with Crippen LogP contribution < -0.4 is 5.32 Å². The lowest BCUT2D eigenvalue weighted by atomic mass is 10.1. The minimum atomic E-state index is -4.44. The number of hydrogen-bond donors (Lipinski definition) is 1. The van der Waals surface area contributed by atoms with Crippen LogP contribution >= 0.6 is 0 Å². The van der Waals surface area contributed by atoms with Crippen molar-refractivity contribution < 1.29 is 22.8 Å². The number of likely N-dealkylation sites (N-methyl/N-ethyl adjacent to an activating group) is 1. The second kappa shape index (κ2) is 10.5. The van der Waals surface area contributed by atoms with Gasteiger partial charge in [-0.25, -0.2) is 0 Å². The third kappa shape index (κ3) is 6.20. The van der Waals surface area contributed by atoms with Gasteiger partial charge in [0.05, 0.1) is 5.56 Å². The predicted molar refractivity (Wildman–Crippen MR) is 112 cm³/mol. The summed E-state index contributed by atoms with van der Waals surface area (Å²) in [5.74, 6) is -0.324. The summed E-state index contributed by atoms with van der Waals surface area (Å²) in [6, 6.07) is 4.53. The van der Waals surface area contributed by atoms with Crippen LogP contribution in [0.5, 0.6) is 0 Å². The molecule has 3 rings (SSSR count). The molecule has 2 saturated heterocycles. The number of likely N-dealkylation sites (tertiary alicyclic amines) is 1. The fourth-order valence-corrected chi connectivity index (χ4v) is 4.34. The Kier molecular flexibility index (Phi) is 7.94. The minimum absolute atomic E-state index is 0.00508. The van der Waals surface area contributed by atoms with E-state index in [1.165, 1.54) is 12.1 Å². The zero-order valence-electron chi connectivity index (χ0n) is 18.0. The molecule has 1 aromatic rings. The average Bonchev–Trinajstić information content (AvgIpc) is 3.23. The summed E-state index contributed by atoms with van der Waals surface area (Å²) < 4.78 is 38.6. The van der Waals surface area contributed by atoms with Gasteiger partial charge in [-0.15, -0.1) is 0 Å². The number of rotatable bonds is 7. The number of amides is 2. The SMILES string of the molecule is CCN1CCCC1CN(CCC(=O)N1CCNCC1)C(=O)c1ccc(C(F)(F)F)cc1. The maximum Gasteiger partial charge on any atom is 0.416 e. The Morgan fingerprint density at radius 2 is 1.81 bits per heavy atom. The summed E-state index contributed by atoms with van der Waals surface area (Å²) >= 11 is 0. The van der Waals surface area contributed by atoms with E-state index < -0.39 is 11.7 Å². The number of hydrogen-bond acceptors (Lipinski definition) is 4. The van der Waals surface area contributed by atoms with Crippen LogP contribution in [-0.2, 0) is 11.0 Å². The van der Waals surface area contributed by atoms with Gasteiger partial charge in [0, 0.05) is 57.3 Å². The van der Waals surface area contributed by atoms with Crippen LogP contribution in [0.25, 0.3) is 0 Å². The number of carbonyl (C=O) groups excluding carboxylic acids is 2. The molecule has 2 aliphatic rings. The highest BCUT2D eigenvalue weighted by molar-refractivity contribution is 5.94. The fraction of sp³-hybridized carbons (Fsp3) is 0.636. The van der Waals surface area contributed by atoms with Crippen LogP contribution in [0.4, 0.5) is 13.2 Å². The molecule has 172 valence electrons. The Labute approximate surface area is 181 Å². The van der Waals surface area contributed by atoms with Crippen molar-refractivity contribution in [1.82, 2.24) is 20.0 Å². The molecule has 6 nitrogen and oxygen atoms in total. The summed E-state index contributed by atoms with van der Waals surface area (Å²) in [5, 5.41) is 3.20. The van der Waals surface area contributed by atoms with Gasteiger partial charge in [0.1, 0.15) is 0 Å². The van der Waals surface area contributed by atoms with E-state index in [0.717, 1.165) is 51.2 Å². The Bertz CT molecular complexity index is 748. The van der Waals surface area contributed by atoms with Gasteiger partial charge in [-0.05, 0) is 50.2 Å². The van der Waals surface area contributed by atoms with Crippen LogP contribution in [0.3, 0.4) is 0 Å². The smallest absolute Gasteiger partial charge is 0.340 e. The van der Waals surface area contributed by atoms with Crippen molar-refractivity contribution in [2.75, 3.05) is 52.4 Å². The third-order valence-electron chi connectivity index (χ3n) is 6.15. The molecular formula is C22H31F3N4O2. The highest BCUT2D eigenvalue weighted by Gasteiger charge is 2.31. The van der Waals surface area contributed by atoms with Gasteiger partial charge in [-0.2, -0.15) is 13.2 Å². The van der Waals surface area contributed by atoms with E-state index in [0.29, 0.717) is 19.6 Å². The van der Waals surface area contributed by atoms with Gasteiger partial charge in [-0.3, -0.25) is 14.5 Å². The molecule has 2 aliphatic heterocycles. The van der Waals surface area contributed by atoms with Gasteiger partial charge >= 0.3 is 6.18 Å². The van der Waals surface area contributed by atoms with E-state index in [-0.39, 0.29) is 36.4 Å². The number of nitrogens with zero attached hydrogens (tertiary/aromatic N) is 3. The number of carbonyl (C=O) groups is 2. The maximum atomic E-state index is 13.2. The van der Waals surface area contributed by atoms with E-state index in [1.54, 1.807) is 9.80 Å². The van der Waals surface area contributed by atoms with Gasteiger partial charge in [0.25, 0.3) is 5.91 Å². The van der Waals surface area contributed by atoms with Crippen molar-refractivity contribution >= 4 is 11.8 Å². The van der Waals surface area contributed by atoms with Crippen molar-refractivity contribution in [2.45, 2.75) is 38.4 Å². The average molecular weight is 441 g/mol. The number of piperazine rings is 1. The first-order valence-electron chi connectivity index (χ1n) is 11.0. The van der Waals surface area contributed by atoms with Crippen molar-refractivity contribution in [2.24, 2.45) is 0 Å². The zero-order valence-corrected chi connectivity index (χ0v) is 18.0. The molecule has 0 aromatic heterocycles. The molecule has 1 N–H and O–H groups in total. The lowest BCUT2D eigenvalue weighted by molar-refractivity contribution is -0.137. The normalized spacial score (nSPS) is 20.1. The summed E-state index contributed by atoms with van der Waals surface area (Å²) in [6.45, 7) is 7.49. The van der Waals surface area contributed by atoms with Gasteiger partial charge in [0.2, 0.25) is 5.91 Å². The van der Waals surface area contributed by atoms with Crippen molar-refractivity contribution in [3.63, 3.8) is 0 Å². The zero-order chi connectivity index (χ0) is 22.4. The fourth-order valence-electron chi connectivity index (χ4n) is 4.34. The molecule has 0 bridgehead atoms. The van der Waals surface area contributed by atoms with Crippen LogP contribution in [0, 0.1) is 0 Å². The first-order valence-corrected chi connectivity index (χ1v) is 11.0. The lowest BCUT2D eigenvalue weighted by Crippen LogP contribution is -2.48. The number of alkyl halides is 3. The van der Waals surface area contributed by atoms with Crippen LogP contribution in [-0.4, -0.2) is 84.9 Å². The lowest BCUT2D eigenvalue weighted by Gasteiger charge is -2.32. The number of nitrogens with one attached hydrogen (secondary N) is 1. The summed E-state index contributed by atoms with van der Waals surface area (Å²) in [4.78, 5) is 31.5. The molecule has 2 amide bonds. The summed E-state index contributed by atoms with van der Waals surface area (Å²) in [5.41, 5.74) is -0.568. The Hall–Kier alpha value is -2.13. The standard InChI is InChI=1S/C22H31F3N4O2/c1-2-27-12-3-4-19(27)16-29(13-9-20(30)28-14-10-26-11-15-28)21(31)17-5-7-18(8-6-17)22(23,24)25/h5-8,19,26H,2-4,9-16H2,1H3.